The summed E-state index contributed by atoms with van der Waals surface area (Å²) in [6.45, 7) is 9.16. The van der Waals surface area contributed by atoms with Crippen LogP contribution in [-0.4, -0.2) is 106 Å². The van der Waals surface area contributed by atoms with Gasteiger partial charge in [0.15, 0.2) is 11.5 Å². The molecule has 0 radical (unpaired) electrons. The normalized spacial score (nSPS) is 14.5. The summed E-state index contributed by atoms with van der Waals surface area (Å²) in [5.74, 6) is 2.18. The van der Waals surface area contributed by atoms with E-state index in [0.29, 0.717) is 52.6 Å². The highest BCUT2D eigenvalue weighted by atomic mass is 35.5. The number of fused-ring (bicyclic) bond motifs is 1. The van der Waals surface area contributed by atoms with E-state index in [9.17, 15) is 4.79 Å². The average molecular weight is 713 g/mol. The van der Waals surface area contributed by atoms with Gasteiger partial charge >= 0.3 is 0 Å². The van der Waals surface area contributed by atoms with E-state index in [1.807, 2.05) is 38.2 Å². The fraction of sp³-hybridized carbons (Fsp3) is 0.459. The van der Waals surface area contributed by atoms with Gasteiger partial charge in [0.1, 0.15) is 0 Å². The van der Waals surface area contributed by atoms with Crippen LogP contribution in [0.1, 0.15) is 41.6 Å². The zero-order chi connectivity index (χ0) is 34.9. The summed E-state index contributed by atoms with van der Waals surface area (Å²) in [6, 6.07) is 17.4. The van der Waals surface area contributed by atoms with E-state index >= 15 is 0 Å². The smallest absolute Gasteiger partial charge is 0.253 e. The first-order valence-electron chi connectivity index (χ1n) is 16.8. The number of para-hydroxylation sites is 2. The molecule has 1 fully saturated rings. The second-order valence-corrected chi connectivity index (χ2v) is 13.0. The molecule has 0 aliphatic carbocycles. The van der Waals surface area contributed by atoms with Crippen LogP contribution in [0.4, 0.5) is 5.95 Å². The van der Waals surface area contributed by atoms with Crippen LogP contribution in [-0.2, 0) is 11.3 Å². The van der Waals surface area contributed by atoms with E-state index in [1.165, 1.54) is 14.2 Å². The monoisotopic (exact) mass is 711 g/mol. The first kappa shape index (κ1) is 36.6. The average Bonchev–Trinajstić information content (AvgIpc) is 3.31. The van der Waals surface area contributed by atoms with E-state index in [0.717, 1.165) is 74.7 Å². The van der Waals surface area contributed by atoms with Crippen LogP contribution < -0.4 is 19.1 Å². The Bertz CT molecular complexity index is 1690. The zero-order valence-electron chi connectivity index (χ0n) is 29.1. The highest BCUT2D eigenvalue weighted by Crippen LogP contribution is 2.39. The lowest BCUT2D eigenvalue weighted by molar-refractivity contribution is 0.0782. The van der Waals surface area contributed by atoms with Gasteiger partial charge in [0.05, 0.1) is 49.0 Å². The van der Waals surface area contributed by atoms with Crippen molar-refractivity contribution in [1.82, 2.24) is 19.4 Å². The molecule has 49 heavy (non-hydrogen) atoms. The molecule has 0 saturated carbocycles. The summed E-state index contributed by atoms with van der Waals surface area (Å²) in [5.41, 5.74) is 3.63. The number of amides is 1. The van der Waals surface area contributed by atoms with E-state index < -0.39 is 0 Å². The molecule has 1 aliphatic heterocycles. The number of anilines is 1. The Morgan fingerprint density at radius 3 is 2.37 bits per heavy atom. The Morgan fingerprint density at radius 2 is 1.67 bits per heavy atom. The third-order valence-corrected chi connectivity index (χ3v) is 9.87. The van der Waals surface area contributed by atoms with E-state index in [2.05, 4.69) is 32.6 Å². The predicted octanol–water partition coefficient (Wildman–Crippen LogP) is 6.86. The van der Waals surface area contributed by atoms with Gasteiger partial charge in [0.25, 0.3) is 5.91 Å². The highest BCUT2D eigenvalue weighted by Gasteiger charge is 2.25. The number of aromatic nitrogens is 2. The quantitative estimate of drug-likeness (QED) is 0.124. The Balaban J connectivity index is 1.30. The number of benzene rings is 3. The lowest BCUT2D eigenvalue weighted by Crippen LogP contribution is -2.35. The molecule has 1 amide bonds. The number of halogens is 2. The number of likely N-dealkylation sites (N-methyl/N-ethyl adjacent to an activating group) is 1. The Labute approximate surface area is 299 Å². The number of nitrogens with zero attached hydrogens (tertiary/aromatic N) is 5. The van der Waals surface area contributed by atoms with Crippen molar-refractivity contribution in [2.24, 2.45) is 0 Å². The van der Waals surface area contributed by atoms with Gasteiger partial charge in [0, 0.05) is 57.9 Å². The lowest BCUT2D eigenvalue weighted by atomic mass is 9.94. The van der Waals surface area contributed by atoms with E-state index in [4.69, 9.17) is 47.1 Å². The van der Waals surface area contributed by atoms with Crippen LogP contribution in [0, 0.1) is 0 Å². The van der Waals surface area contributed by atoms with Crippen LogP contribution in [0.2, 0.25) is 10.0 Å². The molecule has 3 aromatic carbocycles. The molecule has 12 heteroatoms. The summed E-state index contributed by atoms with van der Waals surface area (Å²) in [5, 5.41) is 1.01. The van der Waals surface area contributed by atoms with Gasteiger partial charge in [-0.25, -0.2) is 4.98 Å². The fourth-order valence-electron chi connectivity index (χ4n) is 6.53. The Kier molecular flexibility index (Phi) is 12.9. The van der Waals surface area contributed by atoms with Crippen molar-refractivity contribution in [3.8, 4) is 17.2 Å². The van der Waals surface area contributed by atoms with E-state index in [-0.39, 0.29) is 11.8 Å². The van der Waals surface area contributed by atoms with Crippen LogP contribution in [0.3, 0.4) is 0 Å². The second-order valence-electron chi connectivity index (χ2n) is 12.2. The standard InChI is InChI=1S/C37H47Cl2N5O5/c1-6-49-21-20-44-32-11-8-7-10-31(32)40-37(44)43-16-9-15-42(18-19-43)17-14-27(26-12-13-29(38)30(39)22-26)25-41(2)36(45)28-23-33(46-3)35(48-5)34(24-28)47-4/h7-8,10-13,22-24,27H,6,9,14-21,25H2,1-5H3. The van der Waals surface area contributed by atoms with Gasteiger partial charge in [-0.15, -0.1) is 0 Å². The summed E-state index contributed by atoms with van der Waals surface area (Å²) < 4.78 is 24.4. The maximum atomic E-state index is 13.8. The van der Waals surface area contributed by atoms with Gasteiger partial charge in [-0.1, -0.05) is 41.4 Å². The van der Waals surface area contributed by atoms with Gasteiger partial charge in [-0.05, 0) is 74.8 Å². The molecule has 1 aromatic heterocycles. The molecular weight excluding hydrogens is 665 g/mol. The molecule has 2 heterocycles. The number of rotatable bonds is 15. The molecule has 0 bridgehead atoms. The molecule has 1 atom stereocenters. The number of imidazole rings is 1. The van der Waals surface area contributed by atoms with Crippen molar-refractivity contribution in [2.45, 2.75) is 32.2 Å². The Hall–Kier alpha value is -3.70. The first-order valence-corrected chi connectivity index (χ1v) is 17.5. The molecule has 1 aliphatic rings. The number of ether oxygens (including phenoxy) is 4. The molecule has 1 unspecified atom stereocenters. The van der Waals surface area contributed by atoms with Gasteiger partial charge in [-0.3, -0.25) is 4.79 Å². The number of hydrogen-bond acceptors (Lipinski definition) is 8. The van der Waals surface area contributed by atoms with Crippen molar-refractivity contribution in [1.29, 1.82) is 0 Å². The SMILES string of the molecule is CCOCCn1c(N2CCCN(CCC(CN(C)C(=O)c3cc(OC)c(OC)c(OC)c3)c3ccc(Cl)c(Cl)c3)CC2)nc2ccccc21. The van der Waals surface area contributed by atoms with Crippen molar-refractivity contribution < 1.29 is 23.7 Å². The third-order valence-electron chi connectivity index (χ3n) is 9.13. The minimum atomic E-state index is -0.151. The van der Waals surface area contributed by atoms with Crippen LogP contribution in [0.25, 0.3) is 11.0 Å². The lowest BCUT2D eigenvalue weighted by Gasteiger charge is -2.28. The molecule has 0 spiro atoms. The van der Waals surface area contributed by atoms with Crippen molar-refractivity contribution in [3.63, 3.8) is 0 Å². The van der Waals surface area contributed by atoms with E-state index in [1.54, 1.807) is 24.1 Å². The topological polar surface area (TPSA) is 81.5 Å². The molecular formula is C37H47Cl2N5O5. The summed E-state index contributed by atoms with van der Waals surface area (Å²) in [6.07, 6.45) is 1.85. The molecule has 1 saturated heterocycles. The minimum absolute atomic E-state index is 0.0212. The maximum absolute atomic E-state index is 13.8. The molecule has 264 valence electrons. The summed E-state index contributed by atoms with van der Waals surface area (Å²) in [7, 11) is 6.43. The molecule has 0 N–H and O–H groups in total. The zero-order valence-corrected chi connectivity index (χ0v) is 30.6. The van der Waals surface area contributed by atoms with Crippen molar-refractivity contribution >= 4 is 46.1 Å². The van der Waals surface area contributed by atoms with Crippen molar-refractivity contribution in [2.75, 3.05) is 85.8 Å². The van der Waals surface area contributed by atoms with Crippen LogP contribution in [0.5, 0.6) is 17.2 Å². The van der Waals surface area contributed by atoms with Crippen LogP contribution in [0.15, 0.2) is 54.6 Å². The maximum Gasteiger partial charge on any atom is 0.253 e. The number of carbonyl (C=O) groups is 1. The number of hydrogen-bond donors (Lipinski definition) is 0. The largest absolute Gasteiger partial charge is 0.493 e. The highest BCUT2D eigenvalue weighted by molar-refractivity contribution is 6.42. The first-order chi connectivity index (χ1) is 23.8. The Morgan fingerprint density at radius 1 is 0.918 bits per heavy atom. The van der Waals surface area contributed by atoms with Gasteiger partial charge < -0.3 is 38.2 Å². The number of methoxy groups -OCH3 is 3. The van der Waals surface area contributed by atoms with Gasteiger partial charge in [0.2, 0.25) is 11.7 Å². The molecule has 5 rings (SSSR count). The number of carbonyl (C=O) groups excluding carboxylic acids is 1. The third kappa shape index (κ3) is 8.73. The molecule has 10 nitrogen and oxygen atoms in total. The fourth-order valence-corrected chi connectivity index (χ4v) is 6.83. The molecule has 4 aromatic rings. The second kappa shape index (κ2) is 17.3. The summed E-state index contributed by atoms with van der Waals surface area (Å²) in [4.78, 5) is 25.5. The van der Waals surface area contributed by atoms with Crippen LogP contribution >= 0.6 is 23.2 Å². The predicted molar refractivity (Wildman–Crippen MR) is 196 cm³/mol. The summed E-state index contributed by atoms with van der Waals surface area (Å²) >= 11 is 12.8. The van der Waals surface area contributed by atoms with Gasteiger partial charge in [-0.2, -0.15) is 0 Å². The minimum Gasteiger partial charge on any atom is -0.493 e. The van der Waals surface area contributed by atoms with Crippen molar-refractivity contribution in [3.05, 3.63) is 75.8 Å².